The quantitative estimate of drug-likeness (QED) is 0.669. The van der Waals surface area contributed by atoms with E-state index < -0.39 is 0 Å². The van der Waals surface area contributed by atoms with Crippen LogP contribution in [0.4, 0.5) is 0 Å². The van der Waals surface area contributed by atoms with Crippen molar-refractivity contribution in [2.75, 3.05) is 19.6 Å². The fourth-order valence-corrected chi connectivity index (χ4v) is 2.54. The van der Waals surface area contributed by atoms with Gasteiger partial charge in [0.05, 0.1) is 0 Å². The lowest BCUT2D eigenvalue weighted by Gasteiger charge is -2.39. The van der Waals surface area contributed by atoms with Crippen molar-refractivity contribution in [2.45, 2.75) is 26.0 Å². The van der Waals surface area contributed by atoms with E-state index in [1.54, 1.807) is 6.92 Å². The van der Waals surface area contributed by atoms with Gasteiger partial charge in [0.25, 0.3) is 0 Å². The maximum absolute atomic E-state index is 10.7. The molecule has 1 heterocycles. The smallest absolute Gasteiger partial charge is 0.186 e. The van der Waals surface area contributed by atoms with E-state index in [0.29, 0.717) is 5.25 Å². The van der Waals surface area contributed by atoms with Gasteiger partial charge in [0.2, 0.25) is 0 Å². The van der Waals surface area contributed by atoms with Crippen LogP contribution < -0.4 is 0 Å². The summed E-state index contributed by atoms with van der Waals surface area (Å²) in [5, 5.41) is 0.824. The van der Waals surface area contributed by atoms with E-state index >= 15 is 0 Å². The van der Waals surface area contributed by atoms with Crippen LogP contribution in [-0.4, -0.2) is 34.9 Å². The van der Waals surface area contributed by atoms with Crippen molar-refractivity contribution < 1.29 is 4.79 Å². The Kier molecular flexibility index (Phi) is 3.59. The lowest BCUT2D eigenvalue weighted by Crippen LogP contribution is -2.50. The van der Waals surface area contributed by atoms with Gasteiger partial charge in [-0.3, -0.25) is 4.79 Å². The molecule has 0 saturated carbocycles. The minimum atomic E-state index is 0.254. The number of nitrogens with zero attached hydrogens (tertiary/aromatic N) is 1. The van der Waals surface area contributed by atoms with Crippen LogP contribution >= 0.6 is 11.8 Å². The molecule has 1 rings (SSSR count). The first-order valence-corrected chi connectivity index (χ1v) is 5.35. The summed E-state index contributed by atoms with van der Waals surface area (Å²) in [6.07, 6.45) is 0. The van der Waals surface area contributed by atoms with Gasteiger partial charge in [-0.2, -0.15) is 0 Å². The first-order valence-electron chi connectivity index (χ1n) is 4.47. The summed E-state index contributed by atoms with van der Waals surface area (Å²) >= 11 is 1.49. The molecule has 0 radical (unpaired) electrons. The van der Waals surface area contributed by atoms with E-state index in [4.69, 9.17) is 0 Å². The number of hydrogen-bond donors (Lipinski definition) is 0. The molecule has 12 heavy (non-hydrogen) atoms. The molecule has 0 aromatic rings. The third-order valence-electron chi connectivity index (χ3n) is 1.88. The van der Waals surface area contributed by atoms with Crippen LogP contribution in [0, 0.1) is 5.92 Å². The second-order valence-corrected chi connectivity index (χ2v) is 5.32. The van der Waals surface area contributed by atoms with Crippen LogP contribution in [0.3, 0.4) is 0 Å². The minimum Gasteiger partial charge on any atom is -0.301 e. The minimum absolute atomic E-state index is 0.254. The summed E-state index contributed by atoms with van der Waals surface area (Å²) in [6, 6.07) is 0. The molecule has 70 valence electrons. The molecule has 0 N–H and O–H groups in total. The molecule has 1 aliphatic rings. The predicted octanol–water partition coefficient (Wildman–Crippen LogP) is 1.61. The maximum atomic E-state index is 10.7. The molecule has 0 bridgehead atoms. The first kappa shape index (κ1) is 10.1. The van der Waals surface area contributed by atoms with Crippen LogP contribution in [0.15, 0.2) is 0 Å². The largest absolute Gasteiger partial charge is 0.301 e. The first-order chi connectivity index (χ1) is 5.58. The Bertz CT molecular complexity index is 164. The fourth-order valence-electron chi connectivity index (χ4n) is 1.50. The summed E-state index contributed by atoms with van der Waals surface area (Å²) in [6.45, 7) is 9.48. The molecule has 1 saturated heterocycles. The highest BCUT2D eigenvalue weighted by atomic mass is 32.2. The van der Waals surface area contributed by atoms with E-state index in [0.717, 1.165) is 19.0 Å². The Morgan fingerprint density at radius 2 is 2.17 bits per heavy atom. The summed E-state index contributed by atoms with van der Waals surface area (Å²) in [7, 11) is 0. The van der Waals surface area contributed by atoms with Gasteiger partial charge in [0.15, 0.2) is 5.12 Å². The van der Waals surface area contributed by atoms with Crippen molar-refractivity contribution in [3.05, 3.63) is 0 Å². The molecule has 0 atom stereocenters. The molecule has 0 spiro atoms. The Balaban J connectivity index is 2.08. The van der Waals surface area contributed by atoms with Crippen molar-refractivity contribution in [2.24, 2.45) is 5.92 Å². The lowest BCUT2D eigenvalue weighted by atomic mass is 10.1. The standard InChI is InChI=1S/C9H17NOS/c1-7(2)4-10-5-9(6-10)12-8(3)11/h7,9H,4-6H2,1-3H3. The van der Waals surface area contributed by atoms with Gasteiger partial charge < -0.3 is 4.90 Å². The van der Waals surface area contributed by atoms with Gasteiger partial charge >= 0.3 is 0 Å². The van der Waals surface area contributed by atoms with E-state index in [-0.39, 0.29) is 5.12 Å². The van der Waals surface area contributed by atoms with Crippen molar-refractivity contribution in [3.8, 4) is 0 Å². The monoisotopic (exact) mass is 187 g/mol. The van der Waals surface area contributed by atoms with E-state index in [2.05, 4.69) is 18.7 Å². The van der Waals surface area contributed by atoms with Gasteiger partial charge in [-0.25, -0.2) is 0 Å². The van der Waals surface area contributed by atoms with Crippen molar-refractivity contribution in [3.63, 3.8) is 0 Å². The van der Waals surface area contributed by atoms with Crippen molar-refractivity contribution in [1.82, 2.24) is 4.90 Å². The van der Waals surface area contributed by atoms with E-state index in [1.165, 1.54) is 18.3 Å². The zero-order chi connectivity index (χ0) is 9.14. The summed E-state index contributed by atoms with van der Waals surface area (Å²) in [4.78, 5) is 13.1. The number of likely N-dealkylation sites (tertiary alicyclic amines) is 1. The molecular formula is C9H17NOS. The van der Waals surface area contributed by atoms with Crippen LogP contribution in [0.2, 0.25) is 0 Å². The Morgan fingerprint density at radius 1 is 1.58 bits per heavy atom. The lowest BCUT2D eigenvalue weighted by molar-refractivity contribution is -0.109. The highest BCUT2D eigenvalue weighted by molar-refractivity contribution is 8.14. The highest BCUT2D eigenvalue weighted by Gasteiger charge is 2.28. The molecule has 1 aliphatic heterocycles. The third kappa shape index (κ3) is 3.15. The second-order valence-electron chi connectivity index (χ2n) is 3.84. The Labute approximate surface area is 78.7 Å². The van der Waals surface area contributed by atoms with Crippen LogP contribution in [0.1, 0.15) is 20.8 Å². The number of carbonyl (C=O) groups is 1. The average Bonchev–Trinajstić information content (AvgIpc) is 1.80. The normalized spacial score (nSPS) is 19.7. The van der Waals surface area contributed by atoms with Crippen molar-refractivity contribution >= 4 is 16.9 Å². The fraction of sp³-hybridized carbons (Fsp3) is 0.889. The van der Waals surface area contributed by atoms with Gasteiger partial charge in [-0.05, 0) is 5.92 Å². The average molecular weight is 187 g/mol. The molecule has 0 aromatic heterocycles. The molecule has 0 unspecified atom stereocenters. The van der Waals surface area contributed by atoms with Gasteiger partial charge in [0.1, 0.15) is 0 Å². The number of rotatable bonds is 3. The zero-order valence-electron chi connectivity index (χ0n) is 8.04. The summed E-state index contributed by atoms with van der Waals surface area (Å²) in [5.74, 6) is 0.744. The summed E-state index contributed by atoms with van der Waals surface area (Å²) in [5.41, 5.74) is 0. The molecule has 2 nitrogen and oxygen atoms in total. The number of hydrogen-bond acceptors (Lipinski definition) is 3. The second kappa shape index (κ2) is 4.28. The predicted molar refractivity (Wildman–Crippen MR) is 53.3 cm³/mol. The Hall–Kier alpha value is -0.0200. The zero-order valence-corrected chi connectivity index (χ0v) is 8.86. The number of carbonyl (C=O) groups excluding carboxylic acids is 1. The molecule has 3 heteroatoms. The van der Waals surface area contributed by atoms with E-state index in [1.807, 2.05) is 0 Å². The maximum Gasteiger partial charge on any atom is 0.186 e. The molecule has 0 aliphatic carbocycles. The van der Waals surface area contributed by atoms with Gasteiger partial charge in [-0.15, -0.1) is 0 Å². The topological polar surface area (TPSA) is 20.3 Å². The van der Waals surface area contributed by atoms with Gasteiger partial charge in [-0.1, -0.05) is 25.6 Å². The molecular weight excluding hydrogens is 170 g/mol. The van der Waals surface area contributed by atoms with E-state index in [9.17, 15) is 4.79 Å². The Morgan fingerprint density at radius 3 is 2.58 bits per heavy atom. The SMILES string of the molecule is CC(=O)SC1CN(CC(C)C)C1. The highest BCUT2D eigenvalue weighted by Crippen LogP contribution is 2.23. The van der Waals surface area contributed by atoms with Crippen molar-refractivity contribution in [1.29, 1.82) is 0 Å². The van der Waals surface area contributed by atoms with Crippen LogP contribution in [0.25, 0.3) is 0 Å². The van der Waals surface area contributed by atoms with Crippen LogP contribution in [-0.2, 0) is 4.79 Å². The van der Waals surface area contributed by atoms with Gasteiger partial charge in [0, 0.05) is 31.8 Å². The molecule has 0 amide bonds. The number of thioether (sulfide) groups is 1. The third-order valence-corrected chi connectivity index (χ3v) is 2.84. The summed E-state index contributed by atoms with van der Waals surface area (Å²) < 4.78 is 0. The molecule has 1 fully saturated rings. The molecule has 0 aromatic carbocycles. The van der Waals surface area contributed by atoms with Crippen LogP contribution in [0.5, 0.6) is 0 Å².